The number of rotatable bonds is 6. The fourth-order valence-electron chi connectivity index (χ4n) is 4.09. The number of Topliss-reactive ketones (excluding diaryl/α,β-unsaturated/α-hetero) is 1. The van der Waals surface area contributed by atoms with Crippen molar-refractivity contribution in [1.29, 1.82) is 0 Å². The first kappa shape index (κ1) is 23.5. The van der Waals surface area contributed by atoms with Gasteiger partial charge in [-0.05, 0) is 54.1 Å². The molecule has 1 atom stereocenters. The summed E-state index contributed by atoms with van der Waals surface area (Å²) in [4.78, 5) is 43.3. The minimum absolute atomic E-state index is 0.116. The summed E-state index contributed by atoms with van der Waals surface area (Å²) in [7, 11) is 2.86. The number of nitrogens with one attached hydrogen (secondary N) is 1. The van der Waals surface area contributed by atoms with Gasteiger partial charge in [-0.3, -0.25) is 24.3 Å². The molecule has 35 heavy (non-hydrogen) atoms. The van der Waals surface area contributed by atoms with Crippen molar-refractivity contribution >= 4 is 34.7 Å². The first-order valence-electron chi connectivity index (χ1n) is 10.7. The van der Waals surface area contributed by atoms with Gasteiger partial charge >= 0.3 is 0 Å². The molecule has 178 valence electrons. The van der Waals surface area contributed by atoms with Crippen LogP contribution in [0.5, 0.6) is 11.5 Å². The van der Waals surface area contributed by atoms with Crippen molar-refractivity contribution in [2.45, 2.75) is 13.0 Å². The number of hydrogen-bond acceptors (Lipinski definition) is 7. The molecule has 2 N–H and O–H groups in total. The Balaban J connectivity index is 1.93. The molecule has 2 heterocycles. The third-order valence-electron chi connectivity index (χ3n) is 5.60. The van der Waals surface area contributed by atoms with Gasteiger partial charge in [0.15, 0.2) is 0 Å². The van der Waals surface area contributed by atoms with Crippen molar-refractivity contribution in [2.24, 2.45) is 0 Å². The van der Waals surface area contributed by atoms with Crippen LogP contribution in [0.15, 0.2) is 72.6 Å². The molecule has 3 aromatic rings. The van der Waals surface area contributed by atoms with E-state index in [0.717, 1.165) is 0 Å². The first-order valence-corrected chi connectivity index (χ1v) is 10.7. The van der Waals surface area contributed by atoms with Crippen molar-refractivity contribution in [2.75, 3.05) is 24.4 Å². The maximum Gasteiger partial charge on any atom is 0.300 e. The minimum Gasteiger partial charge on any atom is -0.506 e. The van der Waals surface area contributed by atoms with E-state index in [0.29, 0.717) is 16.9 Å². The summed E-state index contributed by atoms with van der Waals surface area (Å²) in [6, 6.07) is 13.8. The van der Waals surface area contributed by atoms with Crippen LogP contribution in [-0.4, -0.2) is 41.9 Å². The van der Waals surface area contributed by atoms with Gasteiger partial charge in [0, 0.05) is 30.7 Å². The first-order chi connectivity index (χ1) is 16.9. The number of ether oxygens (including phenoxy) is 2. The summed E-state index contributed by atoms with van der Waals surface area (Å²) in [6.07, 6.45) is 3.08. The molecule has 1 unspecified atom stereocenters. The number of carbonyl (C=O) groups excluding carboxylic acids is 3. The van der Waals surface area contributed by atoms with E-state index in [1.54, 1.807) is 67.0 Å². The average molecular weight is 473 g/mol. The van der Waals surface area contributed by atoms with Gasteiger partial charge in [0.2, 0.25) is 5.91 Å². The number of amides is 2. The van der Waals surface area contributed by atoms with E-state index in [1.807, 2.05) is 0 Å². The third-order valence-corrected chi connectivity index (χ3v) is 5.60. The summed E-state index contributed by atoms with van der Waals surface area (Å²) in [5, 5.41) is 14.1. The largest absolute Gasteiger partial charge is 0.506 e. The Kier molecular flexibility index (Phi) is 6.50. The fraction of sp³-hybridized carbons (Fsp3) is 0.154. The monoisotopic (exact) mass is 473 g/mol. The van der Waals surface area contributed by atoms with E-state index in [-0.39, 0.29) is 28.5 Å². The third kappa shape index (κ3) is 4.31. The second kappa shape index (κ2) is 9.68. The lowest BCUT2D eigenvalue weighted by Crippen LogP contribution is -2.29. The summed E-state index contributed by atoms with van der Waals surface area (Å²) in [5.41, 5.74) is 1.57. The number of aliphatic hydroxyl groups excluding tert-OH is 1. The van der Waals surface area contributed by atoms with E-state index in [4.69, 9.17) is 9.47 Å². The highest BCUT2D eigenvalue weighted by molar-refractivity contribution is 6.51. The molecule has 4 rings (SSSR count). The number of ketones is 1. The normalized spacial score (nSPS) is 16.8. The van der Waals surface area contributed by atoms with Crippen LogP contribution in [0.4, 0.5) is 11.4 Å². The Morgan fingerprint density at radius 2 is 1.57 bits per heavy atom. The lowest BCUT2D eigenvalue weighted by atomic mass is 9.95. The van der Waals surface area contributed by atoms with Crippen molar-refractivity contribution in [1.82, 2.24) is 4.98 Å². The Morgan fingerprint density at radius 1 is 0.971 bits per heavy atom. The Morgan fingerprint density at radius 3 is 2.11 bits per heavy atom. The van der Waals surface area contributed by atoms with Crippen LogP contribution in [-0.2, 0) is 14.4 Å². The van der Waals surface area contributed by atoms with Crippen LogP contribution in [0, 0.1) is 0 Å². The number of pyridine rings is 1. The fourth-order valence-corrected chi connectivity index (χ4v) is 4.09. The molecular weight excluding hydrogens is 450 g/mol. The number of benzene rings is 2. The number of aromatic nitrogens is 1. The van der Waals surface area contributed by atoms with Crippen molar-refractivity contribution in [3.8, 4) is 11.5 Å². The molecule has 2 aromatic carbocycles. The molecule has 0 radical (unpaired) electrons. The molecule has 0 aliphatic carbocycles. The van der Waals surface area contributed by atoms with E-state index in [1.165, 1.54) is 26.0 Å². The average Bonchev–Trinajstić information content (AvgIpc) is 3.14. The van der Waals surface area contributed by atoms with Gasteiger partial charge in [0.1, 0.15) is 22.8 Å². The van der Waals surface area contributed by atoms with Crippen LogP contribution < -0.4 is 19.7 Å². The second-order valence-electron chi connectivity index (χ2n) is 7.72. The van der Waals surface area contributed by atoms with Crippen LogP contribution in [0.3, 0.4) is 0 Å². The highest BCUT2D eigenvalue weighted by atomic mass is 16.5. The van der Waals surface area contributed by atoms with E-state index < -0.39 is 23.5 Å². The maximum atomic E-state index is 13.3. The Labute approximate surface area is 201 Å². The molecule has 0 spiro atoms. The SMILES string of the molecule is COc1cccc(OC)c1/C(O)=C1\C(=O)C(=O)N(c2ccc(NC(C)=O)cc2)C1c1ccncc1. The number of methoxy groups -OCH3 is 2. The molecule has 9 nitrogen and oxygen atoms in total. The maximum absolute atomic E-state index is 13.3. The van der Waals surface area contributed by atoms with Crippen molar-refractivity contribution < 1.29 is 29.0 Å². The van der Waals surface area contributed by atoms with Gasteiger partial charge in [0.25, 0.3) is 11.7 Å². The summed E-state index contributed by atoms with van der Waals surface area (Å²) in [5.74, 6) is -1.77. The van der Waals surface area contributed by atoms with Crippen molar-refractivity contribution in [3.63, 3.8) is 0 Å². The molecular formula is C26H23N3O6. The number of aliphatic hydroxyl groups is 1. The highest BCUT2D eigenvalue weighted by Gasteiger charge is 2.47. The Hall–Kier alpha value is -4.66. The quantitative estimate of drug-likeness (QED) is 0.318. The van der Waals surface area contributed by atoms with Gasteiger partial charge in [0.05, 0.1) is 25.8 Å². The van der Waals surface area contributed by atoms with Gasteiger partial charge in [-0.1, -0.05) is 6.07 Å². The van der Waals surface area contributed by atoms with Gasteiger partial charge in [-0.25, -0.2) is 0 Å². The van der Waals surface area contributed by atoms with E-state index >= 15 is 0 Å². The molecule has 9 heteroatoms. The van der Waals surface area contributed by atoms with Crippen LogP contribution in [0.25, 0.3) is 5.76 Å². The van der Waals surface area contributed by atoms with E-state index in [9.17, 15) is 19.5 Å². The Bertz CT molecular complexity index is 1300. The highest BCUT2D eigenvalue weighted by Crippen LogP contribution is 2.45. The summed E-state index contributed by atoms with van der Waals surface area (Å²) in [6.45, 7) is 1.39. The molecule has 1 fully saturated rings. The molecule has 0 bridgehead atoms. The zero-order chi connectivity index (χ0) is 25.1. The van der Waals surface area contributed by atoms with Crippen LogP contribution in [0.2, 0.25) is 0 Å². The summed E-state index contributed by atoms with van der Waals surface area (Å²) < 4.78 is 10.8. The molecule has 1 aromatic heterocycles. The minimum atomic E-state index is -0.945. The molecule has 2 amide bonds. The number of carbonyl (C=O) groups is 3. The number of anilines is 2. The van der Waals surface area contributed by atoms with Gasteiger partial charge < -0.3 is 19.9 Å². The predicted molar refractivity (Wildman–Crippen MR) is 129 cm³/mol. The van der Waals surface area contributed by atoms with Crippen LogP contribution >= 0.6 is 0 Å². The topological polar surface area (TPSA) is 118 Å². The molecule has 0 saturated carbocycles. The lowest BCUT2D eigenvalue weighted by Gasteiger charge is -2.25. The molecule has 1 aliphatic rings. The van der Waals surface area contributed by atoms with Crippen molar-refractivity contribution in [3.05, 3.63) is 83.7 Å². The second-order valence-corrected chi connectivity index (χ2v) is 7.72. The van der Waals surface area contributed by atoms with E-state index in [2.05, 4.69) is 10.3 Å². The number of nitrogens with zero attached hydrogens (tertiary/aromatic N) is 2. The molecule has 1 saturated heterocycles. The van der Waals surface area contributed by atoms with Crippen LogP contribution in [0.1, 0.15) is 24.1 Å². The zero-order valence-corrected chi connectivity index (χ0v) is 19.3. The number of hydrogen-bond donors (Lipinski definition) is 2. The predicted octanol–water partition coefficient (Wildman–Crippen LogP) is 3.68. The zero-order valence-electron chi connectivity index (χ0n) is 19.3. The lowest BCUT2D eigenvalue weighted by molar-refractivity contribution is -0.132. The van der Waals surface area contributed by atoms with Gasteiger partial charge in [-0.2, -0.15) is 0 Å². The smallest absolute Gasteiger partial charge is 0.300 e. The standard InChI is InChI=1S/C26H23N3O6/c1-15(30)28-17-7-9-18(10-8-17)29-23(16-11-13-27-14-12-16)22(25(32)26(29)33)24(31)21-19(34-2)5-4-6-20(21)35-3/h4-14,23,31H,1-3H3,(H,28,30)/b24-22+. The van der Waals surface area contributed by atoms with Gasteiger partial charge in [-0.15, -0.1) is 0 Å². The summed E-state index contributed by atoms with van der Waals surface area (Å²) >= 11 is 0. The molecule has 1 aliphatic heterocycles.